The third-order valence-electron chi connectivity index (χ3n) is 3.51. The zero-order chi connectivity index (χ0) is 20.3. The Labute approximate surface area is 167 Å². The molecule has 0 saturated carbocycles. The average Bonchev–Trinajstić information content (AvgIpc) is 2.99. The Hall–Kier alpha value is -3.38. The summed E-state index contributed by atoms with van der Waals surface area (Å²) in [5.41, 5.74) is -0.269. The minimum absolute atomic E-state index is 0.123. The van der Waals surface area contributed by atoms with Crippen LogP contribution in [0.5, 0.6) is 11.5 Å². The Balaban J connectivity index is 1.76. The summed E-state index contributed by atoms with van der Waals surface area (Å²) in [4.78, 5) is 32.1. The monoisotopic (exact) mass is 418 g/mol. The molecule has 0 aromatic heterocycles. The molecule has 0 radical (unpaired) electrons. The van der Waals surface area contributed by atoms with Gasteiger partial charge in [0, 0.05) is 6.07 Å². The molecule has 142 valence electrons. The first-order valence-electron chi connectivity index (χ1n) is 7.59. The van der Waals surface area contributed by atoms with Crippen molar-refractivity contribution in [3.63, 3.8) is 0 Å². The minimum Gasteiger partial charge on any atom is -0.450 e. The molecule has 2 aromatic rings. The Morgan fingerprint density at radius 3 is 2.43 bits per heavy atom. The largest absolute Gasteiger partial charge is 0.450 e. The van der Waals surface area contributed by atoms with E-state index in [1.165, 1.54) is 24.0 Å². The third-order valence-corrected chi connectivity index (χ3v) is 4.85. The number of nitro groups is 2. The van der Waals surface area contributed by atoms with E-state index in [0.29, 0.717) is 9.88 Å². The predicted molar refractivity (Wildman–Crippen MR) is 106 cm³/mol. The quantitative estimate of drug-likeness (QED) is 0.302. The first-order valence-corrected chi connectivity index (χ1v) is 8.99. The van der Waals surface area contributed by atoms with E-state index < -0.39 is 21.2 Å². The number of nitro benzene ring substituents is 2. The molecular weight excluding hydrogens is 408 g/mol. The highest BCUT2D eigenvalue weighted by atomic mass is 32.2. The molecule has 28 heavy (non-hydrogen) atoms. The van der Waals surface area contributed by atoms with Crippen LogP contribution in [-0.2, 0) is 4.79 Å². The molecule has 0 aliphatic carbocycles. The number of hydrogen-bond donors (Lipinski definition) is 0. The lowest BCUT2D eigenvalue weighted by atomic mass is 10.2. The van der Waals surface area contributed by atoms with Crippen LogP contribution in [0.3, 0.4) is 0 Å². The van der Waals surface area contributed by atoms with Crippen LogP contribution in [0.25, 0.3) is 0 Å². The SMILES string of the molecule is O=C1CSC(=S)N1/N=C/c1ccc(Oc2ccc([N+](=O)[O-])cc2[N+](=O)[O-])cc1. The van der Waals surface area contributed by atoms with E-state index in [1.54, 1.807) is 24.3 Å². The molecule has 1 saturated heterocycles. The number of ether oxygens (including phenoxy) is 1. The molecule has 1 fully saturated rings. The van der Waals surface area contributed by atoms with Crippen molar-refractivity contribution >= 4 is 51.8 Å². The smallest absolute Gasteiger partial charge is 0.318 e. The third kappa shape index (κ3) is 4.29. The normalized spacial score (nSPS) is 13.9. The highest BCUT2D eigenvalue weighted by Crippen LogP contribution is 2.34. The van der Waals surface area contributed by atoms with Crippen LogP contribution in [0.2, 0.25) is 0 Å². The second-order valence-electron chi connectivity index (χ2n) is 5.34. The van der Waals surface area contributed by atoms with Crippen LogP contribution in [-0.4, -0.2) is 37.1 Å². The zero-order valence-electron chi connectivity index (χ0n) is 13.9. The molecule has 3 rings (SSSR count). The van der Waals surface area contributed by atoms with Gasteiger partial charge in [0.15, 0.2) is 4.32 Å². The van der Waals surface area contributed by atoms with Gasteiger partial charge in [-0.05, 0) is 35.9 Å². The number of amides is 1. The van der Waals surface area contributed by atoms with Gasteiger partial charge in [-0.3, -0.25) is 25.0 Å². The number of thiocarbonyl (C=S) groups is 1. The molecule has 0 atom stereocenters. The van der Waals surface area contributed by atoms with Gasteiger partial charge in [0.05, 0.1) is 27.9 Å². The maximum atomic E-state index is 11.6. The lowest BCUT2D eigenvalue weighted by Crippen LogP contribution is -2.22. The molecule has 0 bridgehead atoms. The lowest BCUT2D eigenvalue weighted by Gasteiger charge is -2.07. The fraction of sp³-hybridized carbons (Fsp3) is 0.0625. The first kappa shape index (κ1) is 19.4. The van der Waals surface area contributed by atoms with E-state index in [1.807, 2.05) is 0 Å². The zero-order valence-corrected chi connectivity index (χ0v) is 15.5. The Bertz CT molecular complexity index is 993. The second-order valence-corrected chi connectivity index (χ2v) is 6.95. The van der Waals surface area contributed by atoms with Crippen molar-refractivity contribution < 1.29 is 19.4 Å². The first-order chi connectivity index (χ1) is 13.3. The van der Waals surface area contributed by atoms with Crippen LogP contribution >= 0.6 is 24.0 Å². The van der Waals surface area contributed by atoms with Crippen molar-refractivity contribution in [3.05, 3.63) is 68.3 Å². The van der Waals surface area contributed by atoms with E-state index in [9.17, 15) is 25.0 Å². The molecule has 10 nitrogen and oxygen atoms in total. The van der Waals surface area contributed by atoms with Crippen molar-refractivity contribution in [1.82, 2.24) is 5.01 Å². The van der Waals surface area contributed by atoms with Crippen LogP contribution in [0, 0.1) is 20.2 Å². The Kier molecular flexibility index (Phi) is 5.61. The van der Waals surface area contributed by atoms with Crippen molar-refractivity contribution in [2.24, 2.45) is 5.10 Å². The molecule has 0 N–H and O–H groups in total. The van der Waals surface area contributed by atoms with Gasteiger partial charge < -0.3 is 4.74 Å². The molecule has 0 unspecified atom stereocenters. The van der Waals surface area contributed by atoms with E-state index >= 15 is 0 Å². The maximum Gasteiger partial charge on any atom is 0.318 e. The average molecular weight is 418 g/mol. The summed E-state index contributed by atoms with van der Waals surface area (Å²) in [5.74, 6) is 0.230. The van der Waals surface area contributed by atoms with Crippen LogP contribution in [0.15, 0.2) is 47.6 Å². The van der Waals surface area contributed by atoms with Crippen LogP contribution in [0.4, 0.5) is 11.4 Å². The van der Waals surface area contributed by atoms with E-state index in [0.717, 1.165) is 17.1 Å². The van der Waals surface area contributed by atoms with Crippen molar-refractivity contribution in [2.75, 3.05) is 5.75 Å². The van der Waals surface area contributed by atoms with Gasteiger partial charge in [0.2, 0.25) is 5.75 Å². The fourth-order valence-electron chi connectivity index (χ4n) is 2.18. The van der Waals surface area contributed by atoms with Crippen LogP contribution in [0.1, 0.15) is 5.56 Å². The second kappa shape index (κ2) is 8.10. The van der Waals surface area contributed by atoms with Crippen molar-refractivity contribution in [1.29, 1.82) is 0 Å². The summed E-state index contributed by atoms with van der Waals surface area (Å²) in [6.07, 6.45) is 1.45. The Morgan fingerprint density at radius 2 is 1.86 bits per heavy atom. The van der Waals surface area contributed by atoms with Gasteiger partial charge in [0.1, 0.15) is 5.75 Å². The molecule has 0 spiro atoms. The molecule has 1 heterocycles. The Morgan fingerprint density at radius 1 is 1.14 bits per heavy atom. The molecule has 2 aromatic carbocycles. The molecule has 12 heteroatoms. The summed E-state index contributed by atoms with van der Waals surface area (Å²) in [6, 6.07) is 9.49. The highest BCUT2D eigenvalue weighted by Gasteiger charge is 2.26. The van der Waals surface area contributed by atoms with Crippen molar-refractivity contribution in [2.45, 2.75) is 0 Å². The summed E-state index contributed by atoms with van der Waals surface area (Å²) in [5, 5.41) is 27.1. The predicted octanol–water partition coefficient (Wildman–Crippen LogP) is 3.49. The van der Waals surface area contributed by atoms with Gasteiger partial charge >= 0.3 is 5.69 Å². The minimum atomic E-state index is -0.753. The van der Waals surface area contributed by atoms with Crippen LogP contribution < -0.4 is 4.74 Å². The van der Waals surface area contributed by atoms with Gasteiger partial charge in [-0.15, -0.1) is 0 Å². The van der Waals surface area contributed by atoms with Gasteiger partial charge in [-0.1, -0.05) is 24.0 Å². The van der Waals surface area contributed by atoms with Gasteiger partial charge in [-0.25, -0.2) is 0 Å². The topological polar surface area (TPSA) is 128 Å². The number of nitrogens with zero attached hydrogens (tertiary/aromatic N) is 4. The number of non-ortho nitro benzene ring substituents is 1. The van der Waals surface area contributed by atoms with E-state index in [-0.39, 0.29) is 23.2 Å². The molecular formula is C16H10N4O6S2. The molecule has 1 aliphatic heterocycles. The number of carbonyl (C=O) groups excluding carboxylic acids is 1. The number of hydrogen-bond acceptors (Lipinski definition) is 9. The maximum absolute atomic E-state index is 11.6. The summed E-state index contributed by atoms with van der Waals surface area (Å²) in [7, 11) is 0. The van der Waals surface area contributed by atoms with E-state index in [4.69, 9.17) is 17.0 Å². The standard InChI is InChI=1S/C16H10N4O6S2/c21-15-9-28-16(27)18(15)17-8-10-1-4-12(5-2-10)26-14-6-3-11(19(22)23)7-13(14)20(24)25/h1-8H,9H2/b17-8+. The van der Waals surface area contributed by atoms with E-state index in [2.05, 4.69) is 5.10 Å². The molecule has 1 aliphatic rings. The fourth-order valence-corrected chi connectivity index (χ4v) is 3.15. The summed E-state index contributed by atoms with van der Waals surface area (Å²) in [6.45, 7) is 0. The highest BCUT2D eigenvalue weighted by molar-refractivity contribution is 8.23. The molecule has 1 amide bonds. The number of thioether (sulfide) groups is 1. The number of rotatable bonds is 6. The summed E-state index contributed by atoms with van der Waals surface area (Å²) >= 11 is 6.26. The number of carbonyl (C=O) groups is 1. The lowest BCUT2D eigenvalue weighted by molar-refractivity contribution is -0.394. The summed E-state index contributed by atoms with van der Waals surface area (Å²) < 4.78 is 5.86. The van der Waals surface area contributed by atoms with Gasteiger partial charge in [-0.2, -0.15) is 10.1 Å². The number of hydrazone groups is 1. The number of benzene rings is 2. The van der Waals surface area contributed by atoms with Gasteiger partial charge in [0.25, 0.3) is 11.6 Å². The van der Waals surface area contributed by atoms with Crippen molar-refractivity contribution in [3.8, 4) is 11.5 Å².